The quantitative estimate of drug-likeness (QED) is 0.805. The molecule has 2 amide bonds. The van der Waals surface area contributed by atoms with Gasteiger partial charge in [0.1, 0.15) is 0 Å². The molecule has 0 saturated carbocycles. The highest BCUT2D eigenvalue weighted by atomic mass is 16.3. The number of furan rings is 1. The highest BCUT2D eigenvalue weighted by Gasteiger charge is 2.17. The summed E-state index contributed by atoms with van der Waals surface area (Å²) in [6.45, 7) is 3.67. The van der Waals surface area contributed by atoms with Gasteiger partial charge in [-0.3, -0.25) is 9.59 Å². The summed E-state index contributed by atoms with van der Waals surface area (Å²) in [6.07, 6.45) is 3.49. The number of anilines is 1. The maximum atomic E-state index is 12.4. The van der Waals surface area contributed by atoms with Gasteiger partial charge >= 0.3 is 0 Å². The van der Waals surface area contributed by atoms with Gasteiger partial charge in [0.25, 0.3) is 11.8 Å². The van der Waals surface area contributed by atoms with Crippen LogP contribution in [0, 0.1) is 6.92 Å². The van der Waals surface area contributed by atoms with Crippen LogP contribution in [-0.2, 0) is 0 Å². The first-order valence-electron chi connectivity index (χ1n) is 8.10. The van der Waals surface area contributed by atoms with E-state index in [1.165, 1.54) is 6.26 Å². The summed E-state index contributed by atoms with van der Waals surface area (Å²) in [7, 11) is 0. The first kappa shape index (κ1) is 16.3. The molecule has 1 aromatic heterocycles. The van der Waals surface area contributed by atoms with Gasteiger partial charge in [0.15, 0.2) is 5.76 Å². The number of hydrogen-bond donors (Lipinski definition) is 3. The molecule has 1 unspecified atom stereocenters. The lowest BCUT2D eigenvalue weighted by Crippen LogP contribution is -2.45. The molecule has 1 aliphatic rings. The molecule has 3 N–H and O–H groups in total. The van der Waals surface area contributed by atoms with Crippen molar-refractivity contribution >= 4 is 17.5 Å². The van der Waals surface area contributed by atoms with Crippen LogP contribution in [0.2, 0.25) is 0 Å². The molecule has 0 radical (unpaired) electrons. The number of carbonyl (C=O) groups excluding carboxylic acids is 2. The van der Waals surface area contributed by atoms with Crippen molar-refractivity contribution in [3.05, 3.63) is 53.5 Å². The zero-order valence-corrected chi connectivity index (χ0v) is 13.6. The monoisotopic (exact) mass is 327 g/mol. The molecule has 1 fully saturated rings. The number of benzene rings is 1. The van der Waals surface area contributed by atoms with Crippen molar-refractivity contribution in [2.24, 2.45) is 0 Å². The fourth-order valence-electron chi connectivity index (χ4n) is 2.73. The molecule has 2 aromatic rings. The minimum atomic E-state index is -0.336. The lowest BCUT2D eigenvalue weighted by molar-refractivity contribution is 0.0929. The van der Waals surface area contributed by atoms with Crippen molar-refractivity contribution in [2.45, 2.75) is 25.8 Å². The van der Waals surface area contributed by atoms with Gasteiger partial charge in [0, 0.05) is 23.8 Å². The molecule has 6 heteroatoms. The first-order chi connectivity index (χ1) is 11.6. The van der Waals surface area contributed by atoms with E-state index in [-0.39, 0.29) is 23.6 Å². The van der Waals surface area contributed by atoms with Crippen molar-refractivity contribution in [2.75, 3.05) is 18.4 Å². The summed E-state index contributed by atoms with van der Waals surface area (Å²) in [4.78, 5) is 24.5. The highest BCUT2D eigenvalue weighted by molar-refractivity contribution is 6.03. The molecule has 24 heavy (non-hydrogen) atoms. The summed E-state index contributed by atoms with van der Waals surface area (Å²) in [5, 5.41) is 9.09. The highest BCUT2D eigenvalue weighted by Crippen LogP contribution is 2.18. The zero-order valence-electron chi connectivity index (χ0n) is 13.6. The maximum Gasteiger partial charge on any atom is 0.291 e. The zero-order chi connectivity index (χ0) is 16.9. The Morgan fingerprint density at radius 2 is 2.12 bits per heavy atom. The van der Waals surface area contributed by atoms with Crippen LogP contribution in [0.5, 0.6) is 0 Å². The van der Waals surface area contributed by atoms with E-state index in [2.05, 4.69) is 16.0 Å². The third-order valence-corrected chi connectivity index (χ3v) is 4.13. The standard InChI is InChI=1S/C18H21N3O3/c1-12-6-7-13(17(22)20-14-4-2-8-19-11-14)10-15(12)21-18(23)16-5-3-9-24-16/h3,5-7,9-10,14,19H,2,4,8,11H2,1H3,(H,20,22)(H,21,23). The van der Waals surface area contributed by atoms with Crippen LogP contribution in [0.1, 0.15) is 39.3 Å². The van der Waals surface area contributed by atoms with Crippen LogP contribution in [0.4, 0.5) is 5.69 Å². The molecule has 1 aromatic carbocycles. The van der Waals surface area contributed by atoms with Crippen molar-refractivity contribution in [1.82, 2.24) is 10.6 Å². The Hall–Kier alpha value is -2.60. The molecule has 0 spiro atoms. The van der Waals surface area contributed by atoms with Gasteiger partial charge in [-0.2, -0.15) is 0 Å². The van der Waals surface area contributed by atoms with E-state index in [0.717, 1.165) is 31.5 Å². The average Bonchev–Trinajstić information content (AvgIpc) is 3.12. The number of amides is 2. The van der Waals surface area contributed by atoms with Crippen LogP contribution in [0.25, 0.3) is 0 Å². The SMILES string of the molecule is Cc1ccc(C(=O)NC2CCCNC2)cc1NC(=O)c1ccco1. The predicted octanol–water partition coefficient (Wildman–Crippen LogP) is 2.32. The van der Waals surface area contributed by atoms with Crippen molar-refractivity contribution in [1.29, 1.82) is 0 Å². The maximum absolute atomic E-state index is 12.4. The Morgan fingerprint density at radius 1 is 1.25 bits per heavy atom. The fourth-order valence-corrected chi connectivity index (χ4v) is 2.73. The molecular formula is C18H21N3O3. The topological polar surface area (TPSA) is 83.4 Å². The van der Waals surface area contributed by atoms with E-state index in [1.54, 1.807) is 24.3 Å². The van der Waals surface area contributed by atoms with Gasteiger partial charge in [0.2, 0.25) is 0 Å². The van der Waals surface area contributed by atoms with Crippen molar-refractivity contribution in [3.63, 3.8) is 0 Å². The van der Waals surface area contributed by atoms with E-state index in [1.807, 2.05) is 13.0 Å². The number of carbonyl (C=O) groups is 2. The predicted molar refractivity (Wildman–Crippen MR) is 91.2 cm³/mol. The number of rotatable bonds is 4. The molecule has 1 aliphatic heterocycles. The Morgan fingerprint density at radius 3 is 2.83 bits per heavy atom. The van der Waals surface area contributed by atoms with E-state index in [4.69, 9.17) is 4.42 Å². The summed E-state index contributed by atoms with van der Waals surface area (Å²) in [5.74, 6) is -0.230. The molecule has 1 saturated heterocycles. The minimum absolute atomic E-state index is 0.128. The van der Waals surface area contributed by atoms with Crippen molar-refractivity contribution < 1.29 is 14.0 Å². The molecule has 0 aliphatic carbocycles. The Bertz CT molecular complexity index is 719. The number of aryl methyl sites for hydroxylation is 1. The summed E-state index contributed by atoms with van der Waals surface area (Å²) in [6, 6.07) is 8.69. The molecule has 0 bridgehead atoms. The Balaban J connectivity index is 1.70. The smallest absolute Gasteiger partial charge is 0.291 e. The third kappa shape index (κ3) is 3.83. The van der Waals surface area contributed by atoms with Crippen LogP contribution in [0.15, 0.2) is 41.0 Å². The largest absolute Gasteiger partial charge is 0.459 e. The lowest BCUT2D eigenvalue weighted by atomic mass is 10.1. The number of hydrogen-bond acceptors (Lipinski definition) is 4. The molecule has 1 atom stereocenters. The summed E-state index contributed by atoms with van der Waals surface area (Å²) in [5.41, 5.74) is 2.01. The van der Waals surface area contributed by atoms with Gasteiger partial charge in [0.05, 0.1) is 6.26 Å². The van der Waals surface area contributed by atoms with Gasteiger partial charge in [-0.05, 0) is 56.1 Å². The normalized spacial score (nSPS) is 17.3. The second-order valence-corrected chi connectivity index (χ2v) is 5.98. The van der Waals surface area contributed by atoms with E-state index in [9.17, 15) is 9.59 Å². The van der Waals surface area contributed by atoms with Crippen LogP contribution >= 0.6 is 0 Å². The fraction of sp³-hybridized carbons (Fsp3) is 0.333. The van der Waals surface area contributed by atoms with E-state index in [0.29, 0.717) is 11.3 Å². The van der Waals surface area contributed by atoms with E-state index < -0.39 is 0 Å². The van der Waals surface area contributed by atoms with Gasteiger partial charge < -0.3 is 20.4 Å². The molecule has 2 heterocycles. The average molecular weight is 327 g/mol. The third-order valence-electron chi connectivity index (χ3n) is 4.13. The lowest BCUT2D eigenvalue weighted by Gasteiger charge is -2.24. The van der Waals surface area contributed by atoms with Gasteiger partial charge in [-0.15, -0.1) is 0 Å². The molecule has 3 rings (SSSR count). The van der Waals surface area contributed by atoms with Gasteiger partial charge in [-0.1, -0.05) is 6.07 Å². The second kappa shape index (κ2) is 7.31. The van der Waals surface area contributed by atoms with E-state index >= 15 is 0 Å². The van der Waals surface area contributed by atoms with Crippen LogP contribution in [-0.4, -0.2) is 30.9 Å². The minimum Gasteiger partial charge on any atom is -0.459 e. The van der Waals surface area contributed by atoms with Crippen LogP contribution < -0.4 is 16.0 Å². The van der Waals surface area contributed by atoms with Crippen LogP contribution in [0.3, 0.4) is 0 Å². The number of piperidine rings is 1. The Labute approximate surface area is 140 Å². The summed E-state index contributed by atoms with van der Waals surface area (Å²) < 4.78 is 5.09. The summed E-state index contributed by atoms with van der Waals surface area (Å²) >= 11 is 0. The molecule has 6 nitrogen and oxygen atoms in total. The second-order valence-electron chi connectivity index (χ2n) is 5.98. The van der Waals surface area contributed by atoms with Gasteiger partial charge in [-0.25, -0.2) is 0 Å². The molecular weight excluding hydrogens is 306 g/mol. The molecule has 126 valence electrons. The first-order valence-corrected chi connectivity index (χ1v) is 8.10. The Kier molecular flexibility index (Phi) is 4.96. The van der Waals surface area contributed by atoms with Crippen molar-refractivity contribution in [3.8, 4) is 0 Å². The number of nitrogens with one attached hydrogen (secondary N) is 3.